The molecule has 136 valence electrons. The first-order chi connectivity index (χ1) is 12.0. The van der Waals surface area contributed by atoms with Gasteiger partial charge in [-0.3, -0.25) is 9.67 Å². The molecule has 0 atom stereocenters. The van der Waals surface area contributed by atoms with Crippen LogP contribution in [0.5, 0.6) is 0 Å². The highest BCUT2D eigenvalue weighted by Gasteiger charge is 2.25. The Morgan fingerprint density at radius 3 is 2.64 bits per heavy atom. The zero-order valence-electron chi connectivity index (χ0n) is 14.9. The molecule has 25 heavy (non-hydrogen) atoms. The van der Waals surface area contributed by atoms with Crippen molar-refractivity contribution in [1.29, 1.82) is 0 Å². The van der Waals surface area contributed by atoms with Gasteiger partial charge in [-0.2, -0.15) is 5.10 Å². The minimum Gasteiger partial charge on any atom is -0.263 e. The van der Waals surface area contributed by atoms with Crippen molar-refractivity contribution in [2.45, 2.75) is 39.2 Å². The van der Waals surface area contributed by atoms with Crippen molar-refractivity contribution in [3.05, 3.63) is 36.2 Å². The predicted octanol–water partition coefficient (Wildman–Crippen LogP) is 2.57. The third-order valence-electron chi connectivity index (χ3n) is 4.84. The van der Waals surface area contributed by atoms with Gasteiger partial charge in [0.25, 0.3) is 0 Å². The fourth-order valence-corrected chi connectivity index (χ4v) is 4.39. The topological polar surface area (TPSA) is 68.1 Å². The summed E-state index contributed by atoms with van der Waals surface area (Å²) in [6.45, 7) is 4.26. The second-order valence-corrected chi connectivity index (χ2v) is 8.74. The largest absolute Gasteiger partial charge is 0.263 e. The lowest BCUT2D eigenvalue weighted by Crippen LogP contribution is -2.38. The molecule has 0 radical (unpaired) electrons. The zero-order valence-corrected chi connectivity index (χ0v) is 15.7. The van der Waals surface area contributed by atoms with E-state index in [-0.39, 0.29) is 0 Å². The second-order valence-electron chi connectivity index (χ2n) is 6.76. The molecule has 0 saturated carbocycles. The molecule has 0 amide bonds. The van der Waals surface area contributed by atoms with Gasteiger partial charge in [-0.1, -0.05) is 13.0 Å². The summed E-state index contributed by atoms with van der Waals surface area (Å²) in [7, 11) is -3.07. The van der Waals surface area contributed by atoms with Crippen LogP contribution in [0, 0.1) is 5.92 Å². The maximum absolute atomic E-state index is 11.7. The molecule has 0 unspecified atom stereocenters. The Balaban J connectivity index is 1.75. The van der Waals surface area contributed by atoms with Crippen LogP contribution in [-0.4, -0.2) is 46.8 Å². The normalized spacial score (nSPS) is 17.0. The highest BCUT2D eigenvalue weighted by molar-refractivity contribution is 7.88. The molecule has 3 heterocycles. The molecule has 6 nitrogen and oxygen atoms in total. The summed E-state index contributed by atoms with van der Waals surface area (Å²) in [4.78, 5) is 4.62. The van der Waals surface area contributed by atoms with E-state index in [1.165, 1.54) is 11.8 Å². The molecule has 1 fully saturated rings. The monoisotopic (exact) mass is 362 g/mol. The van der Waals surface area contributed by atoms with Crippen molar-refractivity contribution < 1.29 is 8.42 Å². The van der Waals surface area contributed by atoms with Gasteiger partial charge >= 0.3 is 0 Å². The molecule has 0 spiro atoms. The molecule has 0 aromatic carbocycles. The molecule has 1 aliphatic rings. The van der Waals surface area contributed by atoms with Crippen LogP contribution < -0.4 is 0 Å². The Morgan fingerprint density at radius 1 is 1.20 bits per heavy atom. The predicted molar refractivity (Wildman–Crippen MR) is 98.6 cm³/mol. The summed E-state index contributed by atoms with van der Waals surface area (Å²) < 4.78 is 26.9. The quantitative estimate of drug-likeness (QED) is 0.792. The van der Waals surface area contributed by atoms with Gasteiger partial charge < -0.3 is 0 Å². The fraction of sp³-hybridized carbons (Fsp3) is 0.556. The summed E-state index contributed by atoms with van der Waals surface area (Å²) >= 11 is 0. The third kappa shape index (κ3) is 4.27. The fourth-order valence-electron chi connectivity index (χ4n) is 3.51. The highest BCUT2D eigenvalue weighted by Crippen LogP contribution is 2.28. The lowest BCUT2D eigenvalue weighted by Gasteiger charge is -2.30. The first kappa shape index (κ1) is 18.1. The van der Waals surface area contributed by atoms with Crippen molar-refractivity contribution in [2.75, 3.05) is 19.3 Å². The van der Waals surface area contributed by atoms with Crippen molar-refractivity contribution in [1.82, 2.24) is 19.1 Å². The van der Waals surface area contributed by atoms with E-state index in [9.17, 15) is 8.42 Å². The van der Waals surface area contributed by atoms with E-state index >= 15 is 0 Å². The van der Waals surface area contributed by atoms with Gasteiger partial charge in [-0.05, 0) is 49.3 Å². The SMILES string of the molecule is CCCn1nccc1-c1ncccc1CC1CCN(S(C)(=O)=O)CC1. The molecule has 1 saturated heterocycles. The lowest BCUT2D eigenvalue weighted by atomic mass is 9.90. The number of aryl methyl sites for hydroxylation is 1. The Kier molecular flexibility index (Phi) is 5.54. The first-order valence-electron chi connectivity index (χ1n) is 8.90. The van der Waals surface area contributed by atoms with Crippen LogP contribution in [0.1, 0.15) is 31.7 Å². The molecule has 2 aromatic heterocycles. The molecular weight excluding hydrogens is 336 g/mol. The van der Waals surface area contributed by atoms with Crippen LogP contribution >= 0.6 is 0 Å². The Labute approximate surface area is 149 Å². The van der Waals surface area contributed by atoms with Gasteiger partial charge in [-0.15, -0.1) is 0 Å². The molecular formula is C18H26N4O2S. The van der Waals surface area contributed by atoms with Gasteiger partial charge in [-0.25, -0.2) is 12.7 Å². The van der Waals surface area contributed by atoms with Gasteiger partial charge in [0.05, 0.1) is 17.6 Å². The second kappa shape index (κ2) is 7.66. The molecule has 0 aliphatic carbocycles. The molecule has 2 aromatic rings. The van der Waals surface area contributed by atoms with Crippen LogP contribution in [-0.2, 0) is 23.0 Å². The van der Waals surface area contributed by atoms with E-state index in [0.29, 0.717) is 19.0 Å². The molecule has 1 aliphatic heterocycles. The minimum atomic E-state index is -3.07. The van der Waals surface area contributed by atoms with Gasteiger partial charge in [0, 0.05) is 32.0 Å². The number of hydrogen-bond acceptors (Lipinski definition) is 4. The average molecular weight is 362 g/mol. The number of nitrogens with zero attached hydrogens (tertiary/aromatic N) is 4. The van der Waals surface area contributed by atoms with E-state index in [4.69, 9.17) is 0 Å². The minimum absolute atomic E-state index is 0.489. The van der Waals surface area contributed by atoms with Crippen LogP contribution in [0.25, 0.3) is 11.4 Å². The summed E-state index contributed by atoms with van der Waals surface area (Å²) in [6, 6.07) is 6.13. The number of sulfonamides is 1. The van der Waals surface area contributed by atoms with E-state index in [1.807, 2.05) is 29.2 Å². The van der Waals surface area contributed by atoms with E-state index in [0.717, 1.165) is 43.6 Å². The van der Waals surface area contributed by atoms with Gasteiger partial charge in [0.2, 0.25) is 10.0 Å². The van der Waals surface area contributed by atoms with Crippen LogP contribution in [0.2, 0.25) is 0 Å². The number of aromatic nitrogens is 3. The third-order valence-corrected chi connectivity index (χ3v) is 6.14. The van der Waals surface area contributed by atoms with E-state index in [2.05, 4.69) is 23.1 Å². The van der Waals surface area contributed by atoms with Crippen molar-refractivity contribution in [3.63, 3.8) is 0 Å². The number of pyridine rings is 1. The zero-order chi connectivity index (χ0) is 17.9. The smallest absolute Gasteiger partial charge is 0.211 e. The molecule has 0 bridgehead atoms. The van der Waals surface area contributed by atoms with Crippen LogP contribution in [0.3, 0.4) is 0 Å². The standard InChI is InChI=1S/C18H26N4O2S/c1-3-11-22-17(6-10-20-22)18-16(5-4-9-19-18)14-15-7-12-21(13-8-15)25(2,23)24/h4-6,9-10,15H,3,7-8,11-14H2,1-2H3. The highest BCUT2D eigenvalue weighted by atomic mass is 32.2. The van der Waals surface area contributed by atoms with Crippen LogP contribution in [0.4, 0.5) is 0 Å². The maximum Gasteiger partial charge on any atom is 0.211 e. The lowest BCUT2D eigenvalue weighted by molar-refractivity contribution is 0.274. The number of hydrogen-bond donors (Lipinski definition) is 0. The molecule has 7 heteroatoms. The Hall–Kier alpha value is -1.73. The van der Waals surface area contributed by atoms with E-state index < -0.39 is 10.0 Å². The van der Waals surface area contributed by atoms with Gasteiger partial charge in [0.1, 0.15) is 0 Å². The number of rotatable bonds is 6. The molecule has 3 rings (SSSR count). The Morgan fingerprint density at radius 2 is 1.96 bits per heavy atom. The van der Waals surface area contributed by atoms with Crippen molar-refractivity contribution >= 4 is 10.0 Å². The summed E-state index contributed by atoms with van der Waals surface area (Å²) in [5, 5.41) is 4.41. The van der Waals surface area contributed by atoms with E-state index in [1.54, 1.807) is 4.31 Å². The summed E-state index contributed by atoms with van der Waals surface area (Å²) in [5.41, 5.74) is 3.28. The Bertz CT molecular complexity index is 808. The molecule has 0 N–H and O–H groups in total. The summed E-state index contributed by atoms with van der Waals surface area (Å²) in [5.74, 6) is 0.489. The summed E-state index contributed by atoms with van der Waals surface area (Å²) in [6.07, 6.45) is 8.70. The average Bonchev–Trinajstić information content (AvgIpc) is 3.03. The number of piperidine rings is 1. The maximum atomic E-state index is 11.7. The van der Waals surface area contributed by atoms with Crippen molar-refractivity contribution in [3.8, 4) is 11.4 Å². The van der Waals surface area contributed by atoms with Gasteiger partial charge in [0.15, 0.2) is 0 Å². The van der Waals surface area contributed by atoms with Crippen LogP contribution in [0.15, 0.2) is 30.6 Å². The van der Waals surface area contributed by atoms with Crippen molar-refractivity contribution in [2.24, 2.45) is 5.92 Å². The first-order valence-corrected chi connectivity index (χ1v) is 10.7.